The Morgan fingerprint density at radius 1 is 1.10 bits per heavy atom. The number of nitrogens with one attached hydrogen (secondary N) is 1. The predicted octanol–water partition coefficient (Wildman–Crippen LogP) is 3.79. The van der Waals surface area contributed by atoms with Crippen LogP contribution in [0.1, 0.15) is 11.1 Å². The van der Waals surface area contributed by atoms with Crippen LogP contribution in [0.15, 0.2) is 30.3 Å². The Morgan fingerprint density at radius 3 is 2.40 bits per heavy atom. The molecule has 0 fully saturated rings. The van der Waals surface area contributed by atoms with Crippen LogP contribution >= 0.6 is 12.2 Å². The van der Waals surface area contributed by atoms with Gasteiger partial charge in [0.1, 0.15) is 22.3 Å². The summed E-state index contributed by atoms with van der Waals surface area (Å²) in [6, 6.07) is 6.32. The van der Waals surface area contributed by atoms with Gasteiger partial charge in [-0.1, -0.05) is 18.3 Å². The first-order valence-electron chi connectivity index (χ1n) is 5.71. The third kappa shape index (κ3) is 2.75. The molecule has 0 amide bonds. The lowest BCUT2D eigenvalue weighted by Gasteiger charge is -2.11. The number of benzene rings is 2. The van der Waals surface area contributed by atoms with E-state index in [4.69, 9.17) is 18.0 Å². The van der Waals surface area contributed by atoms with E-state index in [1.807, 2.05) is 0 Å². The number of thiocarbonyl (C=S) groups is 1. The molecule has 0 aliphatic carbocycles. The Labute approximate surface area is 119 Å². The van der Waals surface area contributed by atoms with Crippen molar-refractivity contribution in [3.05, 3.63) is 58.9 Å². The van der Waals surface area contributed by atoms with E-state index in [0.29, 0.717) is 5.56 Å². The van der Waals surface area contributed by atoms with Gasteiger partial charge in [0.05, 0.1) is 5.69 Å². The molecular formula is C14H11F3N2S. The lowest BCUT2D eigenvalue weighted by Crippen LogP contribution is -2.10. The highest BCUT2D eigenvalue weighted by atomic mass is 32.1. The number of anilines is 2. The first kappa shape index (κ1) is 14.3. The molecule has 0 aliphatic heterocycles. The van der Waals surface area contributed by atoms with Crippen molar-refractivity contribution in [2.24, 2.45) is 5.73 Å². The van der Waals surface area contributed by atoms with Crippen molar-refractivity contribution in [1.82, 2.24) is 0 Å². The molecule has 3 N–H and O–H groups in total. The minimum Gasteiger partial charge on any atom is -0.389 e. The van der Waals surface area contributed by atoms with Gasteiger partial charge in [-0.05, 0) is 36.8 Å². The molecular weight excluding hydrogens is 285 g/mol. The van der Waals surface area contributed by atoms with E-state index in [2.05, 4.69) is 5.32 Å². The minimum absolute atomic E-state index is 0.0448. The second kappa shape index (κ2) is 5.50. The largest absolute Gasteiger partial charge is 0.389 e. The number of hydrogen-bond donors (Lipinski definition) is 2. The highest BCUT2D eigenvalue weighted by Crippen LogP contribution is 2.27. The molecule has 0 spiro atoms. The maximum atomic E-state index is 13.8. The van der Waals surface area contributed by atoms with E-state index in [-0.39, 0.29) is 16.2 Å². The molecule has 104 valence electrons. The topological polar surface area (TPSA) is 38.0 Å². The lowest BCUT2D eigenvalue weighted by atomic mass is 10.1. The summed E-state index contributed by atoms with van der Waals surface area (Å²) in [7, 11) is 0. The van der Waals surface area contributed by atoms with Crippen LogP contribution in [-0.4, -0.2) is 4.99 Å². The van der Waals surface area contributed by atoms with Gasteiger partial charge in [-0.3, -0.25) is 0 Å². The van der Waals surface area contributed by atoms with Crippen molar-refractivity contribution < 1.29 is 13.2 Å². The third-order valence-electron chi connectivity index (χ3n) is 2.80. The van der Waals surface area contributed by atoms with Gasteiger partial charge >= 0.3 is 0 Å². The first-order chi connectivity index (χ1) is 9.40. The summed E-state index contributed by atoms with van der Waals surface area (Å²) in [5.41, 5.74) is 5.52. The van der Waals surface area contributed by atoms with Crippen LogP contribution in [0.2, 0.25) is 0 Å². The van der Waals surface area contributed by atoms with Crippen LogP contribution in [0.4, 0.5) is 24.5 Å². The van der Waals surface area contributed by atoms with Gasteiger partial charge < -0.3 is 11.1 Å². The average Bonchev–Trinajstić information content (AvgIpc) is 2.40. The second-order valence-electron chi connectivity index (χ2n) is 4.24. The molecule has 0 aromatic heterocycles. The van der Waals surface area contributed by atoms with Crippen molar-refractivity contribution >= 4 is 28.6 Å². The molecule has 20 heavy (non-hydrogen) atoms. The molecule has 0 atom stereocenters. The zero-order valence-corrected chi connectivity index (χ0v) is 11.3. The molecule has 0 unspecified atom stereocenters. The Balaban J connectivity index is 2.41. The molecule has 2 aromatic rings. The fourth-order valence-electron chi connectivity index (χ4n) is 1.68. The van der Waals surface area contributed by atoms with Crippen molar-refractivity contribution in [1.29, 1.82) is 0 Å². The Hall–Kier alpha value is -2.08. The molecule has 2 nitrogen and oxygen atoms in total. The summed E-state index contributed by atoms with van der Waals surface area (Å²) < 4.78 is 41.2. The predicted molar refractivity (Wildman–Crippen MR) is 76.7 cm³/mol. The normalized spacial score (nSPS) is 10.4. The fraction of sp³-hybridized carbons (Fsp3) is 0.0714. The maximum Gasteiger partial charge on any atom is 0.152 e. The number of rotatable bonds is 3. The smallest absolute Gasteiger partial charge is 0.152 e. The molecule has 6 heteroatoms. The van der Waals surface area contributed by atoms with E-state index in [1.54, 1.807) is 0 Å². The minimum atomic E-state index is -0.800. The van der Waals surface area contributed by atoms with Gasteiger partial charge in [-0.2, -0.15) is 0 Å². The molecule has 0 saturated heterocycles. The SMILES string of the molecule is Cc1ccc(F)c(Nc2ccc(C(N)=S)cc2F)c1F. The van der Waals surface area contributed by atoms with E-state index in [1.165, 1.54) is 25.1 Å². The van der Waals surface area contributed by atoms with Gasteiger partial charge in [0.25, 0.3) is 0 Å². The summed E-state index contributed by atoms with van der Waals surface area (Å²) >= 11 is 4.72. The van der Waals surface area contributed by atoms with Crippen LogP contribution in [0.5, 0.6) is 0 Å². The third-order valence-corrected chi connectivity index (χ3v) is 3.03. The molecule has 2 aromatic carbocycles. The van der Waals surface area contributed by atoms with E-state index in [0.717, 1.165) is 12.1 Å². The van der Waals surface area contributed by atoms with Crippen LogP contribution in [-0.2, 0) is 0 Å². The summed E-state index contributed by atoms with van der Waals surface area (Å²) in [6.07, 6.45) is 0. The zero-order valence-electron chi connectivity index (χ0n) is 10.5. The van der Waals surface area contributed by atoms with E-state index in [9.17, 15) is 13.2 Å². The standard InChI is InChI=1S/C14H11F3N2S/c1-7-2-4-9(15)13(12(7)17)19-11-5-3-8(14(18)20)6-10(11)16/h2-6,19H,1H3,(H2,18,20). The van der Waals surface area contributed by atoms with Crippen molar-refractivity contribution in [2.75, 3.05) is 5.32 Å². The summed E-state index contributed by atoms with van der Waals surface area (Å²) in [6.45, 7) is 1.49. The highest BCUT2D eigenvalue weighted by Gasteiger charge is 2.14. The first-order valence-corrected chi connectivity index (χ1v) is 6.12. The highest BCUT2D eigenvalue weighted by molar-refractivity contribution is 7.80. The van der Waals surface area contributed by atoms with E-state index < -0.39 is 23.1 Å². The maximum absolute atomic E-state index is 13.8. The van der Waals surface area contributed by atoms with Gasteiger partial charge in [-0.15, -0.1) is 0 Å². The number of halogens is 3. The number of nitrogens with two attached hydrogens (primary N) is 1. The molecule has 0 aliphatic rings. The van der Waals surface area contributed by atoms with Gasteiger partial charge in [-0.25, -0.2) is 13.2 Å². The fourth-order valence-corrected chi connectivity index (χ4v) is 1.80. The van der Waals surface area contributed by atoms with Crippen molar-refractivity contribution in [3.63, 3.8) is 0 Å². The molecule has 0 bridgehead atoms. The van der Waals surface area contributed by atoms with Gasteiger partial charge in [0, 0.05) is 5.56 Å². The van der Waals surface area contributed by atoms with Gasteiger partial charge in [0.15, 0.2) is 5.82 Å². The molecule has 0 saturated carbocycles. The summed E-state index contributed by atoms with van der Waals surface area (Å²) in [5.74, 6) is -2.26. The number of hydrogen-bond acceptors (Lipinski definition) is 2. The zero-order chi connectivity index (χ0) is 14.9. The summed E-state index contributed by atoms with van der Waals surface area (Å²) in [4.78, 5) is 0.0448. The second-order valence-corrected chi connectivity index (χ2v) is 4.68. The van der Waals surface area contributed by atoms with Gasteiger partial charge in [0.2, 0.25) is 0 Å². The van der Waals surface area contributed by atoms with Crippen molar-refractivity contribution in [3.8, 4) is 0 Å². The lowest BCUT2D eigenvalue weighted by molar-refractivity contribution is 0.583. The van der Waals surface area contributed by atoms with Crippen molar-refractivity contribution in [2.45, 2.75) is 6.92 Å². The van der Waals surface area contributed by atoms with Crippen LogP contribution in [0, 0.1) is 24.4 Å². The van der Waals surface area contributed by atoms with Crippen LogP contribution < -0.4 is 11.1 Å². The van der Waals surface area contributed by atoms with Crippen LogP contribution in [0.25, 0.3) is 0 Å². The monoisotopic (exact) mass is 296 g/mol. The Morgan fingerprint density at radius 2 is 1.80 bits per heavy atom. The number of aryl methyl sites for hydroxylation is 1. The average molecular weight is 296 g/mol. The van der Waals surface area contributed by atoms with E-state index >= 15 is 0 Å². The molecule has 0 heterocycles. The molecule has 0 radical (unpaired) electrons. The Bertz CT molecular complexity index is 686. The quantitative estimate of drug-likeness (QED) is 0.846. The molecule has 2 rings (SSSR count). The Kier molecular flexibility index (Phi) is 3.94. The summed E-state index contributed by atoms with van der Waals surface area (Å²) in [5, 5.41) is 2.41. The van der Waals surface area contributed by atoms with Crippen LogP contribution in [0.3, 0.4) is 0 Å².